The molecule has 0 spiro atoms. The highest BCUT2D eigenvalue weighted by molar-refractivity contribution is 6.31. The highest BCUT2D eigenvalue weighted by atomic mass is 35.5. The molecule has 1 amide bonds. The number of hydrogen-bond donors (Lipinski definition) is 2. The summed E-state index contributed by atoms with van der Waals surface area (Å²) < 4.78 is 19.7. The van der Waals surface area contributed by atoms with Gasteiger partial charge in [-0.25, -0.2) is 24.1 Å². The minimum atomic E-state index is -0.550. The highest BCUT2D eigenvalue weighted by Gasteiger charge is 2.27. The van der Waals surface area contributed by atoms with Crippen molar-refractivity contribution in [3.05, 3.63) is 47.6 Å². The summed E-state index contributed by atoms with van der Waals surface area (Å²) in [6.45, 7) is 6.80. The second-order valence-corrected chi connectivity index (χ2v) is 8.99. The van der Waals surface area contributed by atoms with E-state index >= 15 is 0 Å². The number of fused-ring (bicyclic) bond motifs is 1. The van der Waals surface area contributed by atoms with Crippen LogP contribution < -0.4 is 15.5 Å². The van der Waals surface area contributed by atoms with Gasteiger partial charge in [0.25, 0.3) is 0 Å². The van der Waals surface area contributed by atoms with Gasteiger partial charge in [-0.05, 0) is 45.4 Å². The summed E-state index contributed by atoms with van der Waals surface area (Å²) in [4.78, 5) is 27.2. The van der Waals surface area contributed by atoms with E-state index in [1.165, 1.54) is 12.4 Å². The second kappa shape index (κ2) is 8.74. The van der Waals surface area contributed by atoms with Gasteiger partial charge in [-0.2, -0.15) is 0 Å². The van der Waals surface area contributed by atoms with Crippen LogP contribution in [0.3, 0.4) is 0 Å². The van der Waals surface area contributed by atoms with E-state index in [4.69, 9.17) is 16.3 Å². The fourth-order valence-corrected chi connectivity index (χ4v) is 3.68. The Kier molecular flexibility index (Phi) is 6.01. The summed E-state index contributed by atoms with van der Waals surface area (Å²) >= 11 is 5.89. The lowest BCUT2D eigenvalue weighted by Crippen LogP contribution is -2.40. The standard InChI is InChI=1S/C22H24ClFN6O2/c1-22(2,3)32-21(31)28-13-7-8-30(11-13)18-9-14-17(10-25-18)26-12-27-20(14)29-16-6-4-5-15(23)19(16)24/h4-6,9-10,12-13H,7-8,11H2,1-3H3,(H,28,31)(H,26,27,29). The van der Waals surface area contributed by atoms with Crippen molar-refractivity contribution in [3.63, 3.8) is 0 Å². The molecular weight excluding hydrogens is 435 g/mol. The predicted molar refractivity (Wildman–Crippen MR) is 122 cm³/mol. The molecule has 1 fully saturated rings. The lowest BCUT2D eigenvalue weighted by atomic mass is 10.2. The number of benzene rings is 1. The summed E-state index contributed by atoms with van der Waals surface area (Å²) in [5.74, 6) is 0.614. The Morgan fingerprint density at radius 2 is 2.09 bits per heavy atom. The average Bonchev–Trinajstić information content (AvgIpc) is 3.18. The Labute approximate surface area is 190 Å². The number of amides is 1. The van der Waals surface area contributed by atoms with E-state index in [0.29, 0.717) is 23.3 Å². The smallest absolute Gasteiger partial charge is 0.407 e. The van der Waals surface area contributed by atoms with E-state index in [0.717, 1.165) is 18.8 Å². The number of ether oxygens (including phenoxy) is 1. The number of carbonyl (C=O) groups is 1. The minimum Gasteiger partial charge on any atom is -0.444 e. The number of halogens is 2. The van der Waals surface area contributed by atoms with E-state index in [1.807, 2.05) is 26.8 Å². The van der Waals surface area contributed by atoms with E-state index < -0.39 is 17.5 Å². The van der Waals surface area contributed by atoms with E-state index in [1.54, 1.807) is 18.3 Å². The number of carbonyl (C=O) groups excluding carboxylic acids is 1. The van der Waals surface area contributed by atoms with Gasteiger partial charge in [0.2, 0.25) is 0 Å². The molecule has 1 aliphatic heterocycles. The maximum atomic E-state index is 14.4. The van der Waals surface area contributed by atoms with Crippen molar-refractivity contribution in [3.8, 4) is 0 Å². The van der Waals surface area contributed by atoms with Gasteiger partial charge in [0.15, 0.2) is 5.82 Å². The Morgan fingerprint density at radius 3 is 2.88 bits per heavy atom. The van der Waals surface area contributed by atoms with Gasteiger partial charge in [0, 0.05) is 18.5 Å². The van der Waals surface area contributed by atoms with Crippen LogP contribution in [0.4, 0.5) is 26.5 Å². The SMILES string of the molecule is CC(C)(C)OC(=O)NC1CCN(c2cc3c(Nc4cccc(Cl)c4F)ncnc3cn2)C1. The van der Waals surface area contributed by atoms with Gasteiger partial charge in [0.05, 0.1) is 28.5 Å². The van der Waals surface area contributed by atoms with Crippen molar-refractivity contribution in [2.45, 2.75) is 38.8 Å². The molecule has 1 aliphatic rings. The number of pyridine rings is 1. The van der Waals surface area contributed by atoms with Crippen LogP contribution in [0.1, 0.15) is 27.2 Å². The lowest BCUT2D eigenvalue weighted by molar-refractivity contribution is 0.0509. The number of hydrogen-bond acceptors (Lipinski definition) is 7. The molecule has 0 saturated carbocycles. The Hall–Kier alpha value is -3.20. The van der Waals surface area contributed by atoms with Gasteiger partial charge in [0.1, 0.15) is 23.6 Å². The first kappa shape index (κ1) is 22.0. The minimum absolute atomic E-state index is 0.0244. The largest absolute Gasteiger partial charge is 0.444 e. The van der Waals surface area contributed by atoms with Gasteiger partial charge in [-0.15, -0.1) is 0 Å². The van der Waals surface area contributed by atoms with Crippen molar-refractivity contribution in [2.75, 3.05) is 23.3 Å². The molecule has 4 rings (SSSR count). The zero-order chi connectivity index (χ0) is 22.9. The molecule has 2 N–H and O–H groups in total. The third kappa shape index (κ3) is 4.99. The van der Waals surface area contributed by atoms with Crippen molar-refractivity contribution < 1.29 is 13.9 Å². The molecule has 1 unspecified atom stereocenters. The Morgan fingerprint density at radius 1 is 1.28 bits per heavy atom. The molecule has 32 heavy (non-hydrogen) atoms. The quantitative estimate of drug-likeness (QED) is 0.587. The first-order valence-corrected chi connectivity index (χ1v) is 10.6. The van der Waals surface area contributed by atoms with Crippen LogP contribution in [0.2, 0.25) is 5.02 Å². The molecule has 0 aliphatic carbocycles. The molecule has 3 aromatic rings. The van der Waals surface area contributed by atoms with E-state index in [9.17, 15) is 9.18 Å². The molecule has 8 nitrogen and oxygen atoms in total. The third-order valence-electron chi connectivity index (χ3n) is 4.95. The molecule has 2 aromatic heterocycles. The molecule has 3 heterocycles. The topological polar surface area (TPSA) is 92.3 Å². The molecule has 1 aromatic carbocycles. The fourth-order valence-electron chi connectivity index (χ4n) is 3.51. The number of rotatable bonds is 4. The van der Waals surface area contributed by atoms with Crippen molar-refractivity contribution in [1.82, 2.24) is 20.3 Å². The van der Waals surface area contributed by atoms with Crippen molar-refractivity contribution >= 4 is 45.9 Å². The highest BCUT2D eigenvalue weighted by Crippen LogP contribution is 2.30. The Bertz CT molecular complexity index is 1150. The number of aromatic nitrogens is 3. The monoisotopic (exact) mass is 458 g/mol. The number of alkyl carbamates (subject to hydrolysis) is 1. The van der Waals surface area contributed by atoms with E-state index in [2.05, 4.69) is 30.5 Å². The number of anilines is 3. The second-order valence-electron chi connectivity index (χ2n) is 8.59. The van der Waals surface area contributed by atoms with Crippen molar-refractivity contribution in [1.29, 1.82) is 0 Å². The molecule has 0 radical (unpaired) electrons. The van der Waals surface area contributed by atoms with Crippen LogP contribution in [-0.4, -0.2) is 45.8 Å². The molecule has 168 valence electrons. The van der Waals surface area contributed by atoms with Crippen LogP contribution in [0.15, 0.2) is 36.8 Å². The summed E-state index contributed by atoms with van der Waals surface area (Å²) in [5, 5.41) is 6.63. The van der Waals surface area contributed by atoms with Crippen LogP contribution in [-0.2, 0) is 4.74 Å². The van der Waals surface area contributed by atoms with Crippen LogP contribution in [0.5, 0.6) is 0 Å². The molecule has 1 saturated heterocycles. The summed E-state index contributed by atoms with van der Waals surface area (Å²) in [7, 11) is 0. The number of nitrogens with zero attached hydrogens (tertiary/aromatic N) is 4. The average molecular weight is 459 g/mol. The normalized spacial score (nSPS) is 16.3. The first-order valence-electron chi connectivity index (χ1n) is 10.3. The molecule has 1 atom stereocenters. The van der Waals surface area contributed by atoms with Crippen LogP contribution >= 0.6 is 11.6 Å². The molecule has 0 bridgehead atoms. The Balaban J connectivity index is 1.53. The van der Waals surface area contributed by atoms with Crippen molar-refractivity contribution in [2.24, 2.45) is 0 Å². The number of nitrogens with one attached hydrogen (secondary N) is 2. The summed E-state index contributed by atoms with van der Waals surface area (Å²) in [6, 6.07) is 6.54. The van der Waals surface area contributed by atoms with Gasteiger partial charge < -0.3 is 20.3 Å². The van der Waals surface area contributed by atoms with Crippen LogP contribution in [0, 0.1) is 5.82 Å². The maximum absolute atomic E-state index is 14.4. The lowest BCUT2D eigenvalue weighted by Gasteiger charge is -2.22. The zero-order valence-electron chi connectivity index (χ0n) is 18.0. The van der Waals surface area contributed by atoms with E-state index in [-0.39, 0.29) is 16.8 Å². The van der Waals surface area contributed by atoms with Gasteiger partial charge in [-0.3, -0.25) is 0 Å². The van der Waals surface area contributed by atoms with Gasteiger partial charge in [-0.1, -0.05) is 17.7 Å². The summed E-state index contributed by atoms with van der Waals surface area (Å²) in [5.41, 5.74) is 0.295. The summed E-state index contributed by atoms with van der Waals surface area (Å²) in [6.07, 6.45) is 3.38. The fraction of sp³-hybridized carbons (Fsp3) is 0.364. The maximum Gasteiger partial charge on any atom is 0.407 e. The third-order valence-corrected chi connectivity index (χ3v) is 5.24. The first-order chi connectivity index (χ1) is 15.2. The van der Waals surface area contributed by atoms with Crippen LogP contribution in [0.25, 0.3) is 10.9 Å². The molecule has 10 heteroatoms. The predicted octanol–water partition coefficient (Wildman–Crippen LogP) is 4.66. The zero-order valence-corrected chi connectivity index (χ0v) is 18.8. The molecular formula is C22H24ClFN6O2. The van der Waals surface area contributed by atoms with Gasteiger partial charge >= 0.3 is 6.09 Å².